The molecule has 3 heterocycles. The fraction of sp³-hybridized carbons (Fsp3) is 0.304. The van der Waals surface area contributed by atoms with E-state index in [2.05, 4.69) is 10.3 Å². The number of aromatic nitrogens is 1. The molecule has 5 rings (SSSR count). The highest BCUT2D eigenvalue weighted by molar-refractivity contribution is 6.33. The van der Waals surface area contributed by atoms with E-state index in [0.717, 1.165) is 18.2 Å². The molecule has 0 aliphatic carbocycles. The summed E-state index contributed by atoms with van der Waals surface area (Å²) in [5.74, 6) is 1.23. The highest BCUT2D eigenvalue weighted by atomic mass is 35.5. The quantitative estimate of drug-likeness (QED) is 0.603. The average molecular weight is 456 g/mol. The molecular formula is C23H22ClN3O5. The molecule has 2 aromatic carbocycles. The normalized spacial score (nSPS) is 17.0. The zero-order valence-corrected chi connectivity index (χ0v) is 18.0. The van der Waals surface area contributed by atoms with Crippen LogP contribution in [-0.2, 0) is 11.3 Å². The zero-order valence-electron chi connectivity index (χ0n) is 17.2. The van der Waals surface area contributed by atoms with Crippen molar-refractivity contribution < 1.29 is 19.0 Å². The number of carbonyl (C=O) groups is 1. The van der Waals surface area contributed by atoms with Gasteiger partial charge in [0, 0.05) is 30.2 Å². The first kappa shape index (κ1) is 20.7. The van der Waals surface area contributed by atoms with Gasteiger partial charge in [-0.15, -0.1) is 0 Å². The number of hydrogen-bond donors (Lipinski definition) is 2. The summed E-state index contributed by atoms with van der Waals surface area (Å²) in [5, 5.41) is 4.09. The van der Waals surface area contributed by atoms with E-state index in [9.17, 15) is 9.59 Å². The third kappa shape index (κ3) is 4.24. The minimum Gasteiger partial charge on any atom is -0.454 e. The Morgan fingerprint density at radius 3 is 2.78 bits per heavy atom. The van der Waals surface area contributed by atoms with Gasteiger partial charge in [-0.1, -0.05) is 23.7 Å². The third-order valence-corrected chi connectivity index (χ3v) is 5.96. The van der Waals surface area contributed by atoms with Gasteiger partial charge in [0.1, 0.15) is 0 Å². The third-order valence-electron chi connectivity index (χ3n) is 5.63. The van der Waals surface area contributed by atoms with Crippen LogP contribution in [0.2, 0.25) is 5.02 Å². The number of rotatable bonds is 5. The van der Waals surface area contributed by atoms with Crippen LogP contribution in [0.15, 0.2) is 47.3 Å². The van der Waals surface area contributed by atoms with Crippen LogP contribution in [0.25, 0.3) is 10.9 Å². The number of hydrogen-bond acceptors (Lipinski definition) is 5. The Labute approximate surface area is 189 Å². The van der Waals surface area contributed by atoms with Crippen molar-refractivity contribution in [1.29, 1.82) is 0 Å². The molecule has 1 atom stereocenters. The second kappa shape index (κ2) is 8.72. The number of aromatic amines is 1. The molecule has 0 spiro atoms. The maximum absolute atomic E-state index is 13.1. The Morgan fingerprint density at radius 1 is 1.19 bits per heavy atom. The van der Waals surface area contributed by atoms with Gasteiger partial charge >= 0.3 is 6.03 Å². The van der Waals surface area contributed by atoms with Gasteiger partial charge in [0.25, 0.3) is 5.56 Å². The lowest BCUT2D eigenvalue weighted by atomic mass is 10.1. The van der Waals surface area contributed by atoms with Crippen LogP contribution in [0.3, 0.4) is 0 Å². The first-order valence-corrected chi connectivity index (χ1v) is 10.8. The van der Waals surface area contributed by atoms with E-state index < -0.39 is 0 Å². The first-order valence-electron chi connectivity index (χ1n) is 10.4. The molecule has 3 aromatic rings. The van der Waals surface area contributed by atoms with Crippen LogP contribution in [0.4, 0.5) is 10.5 Å². The van der Waals surface area contributed by atoms with Gasteiger partial charge in [-0.05, 0) is 37.1 Å². The molecule has 166 valence electrons. The highest BCUT2D eigenvalue weighted by Crippen LogP contribution is 2.35. The summed E-state index contributed by atoms with van der Waals surface area (Å²) in [6.45, 7) is 1.32. The first-order chi connectivity index (χ1) is 15.6. The number of nitrogens with zero attached hydrogens (tertiary/aromatic N) is 1. The van der Waals surface area contributed by atoms with Crippen molar-refractivity contribution in [3.63, 3.8) is 0 Å². The fourth-order valence-electron chi connectivity index (χ4n) is 3.97. The molecular weight excluding hydrogens is 434 g/mol. The molecule has 2 N–H and O–H groups in total. The Balaban J connectivity index is 1.43. The molecule has 0 unspecified atom stereocenters. The standard InChI is InChI=1S/C23H22ClN3O5/c24-17-5-1-2-6-18(17)26-23(29)27(12-16-4-3-7-30-16)11-15-8-14-9-20-21(32-13-31-20)10-19(14)25-22(15)28/h1-2,5-6,8-10,16H,3-4,7,11-13H2,(H,25,28)(H,26,29)/t16-/m1/s1. The largest absolute Gasteiger partial charge is 0.454 e. The minimum absolute atomic E-state index is 0.0691. The number of ether oxygens (including phenoxy) is 3. The number of nitrogens with one attached hydrogen (secondary N) is 2. The van der Waals surface area contributed by atoms with Crippen LogP contribution in [0, 0.1) is 0 Å². The molecule has 2 aliphatic heterocycles. The van der Waals surface area contributed by atoms with Gasteiger partial charge in [0.15, 0.2) is 11.5 Å². The molecule has 0 bridgehead atoms. The number of urea groups is 1. The predicted molar refractivity (Wildman–Crippen MR) is 121 cm³/mol. The molecule has 0 saturated carbocycles. The van der Waals surface area contributed by atoms with E-state index in [1.807, 2.05) is 6.07 Å². The molecule has 1 aromatic heterocycles. The van der Waals surface area contributed by atoms with Crippen LogP contribution >= 0.6 is 11.6 Å². The topological polar surface area (TPSA) is 92.9 Å². The SMILES string of the molecule is O=C(Nc1ccccc1Cl)N(Cc1cc2cc3c(cc2[nH]c1=O)OCO3)C[C@H]1CCCO1. The number of para-hydroxylation sites is 1. The van der Waals surface area contributed by atoms with E-state index in [1.54, 1.807) is 41.3 Å². The van der Waals surface area contributed by atoms with Crippen molar-refractivity contribution in [2.75, 3.05) is 25.3 Å². The summed E-state index contributed by atoms with van der Waals surface area (Å²) in [7, 11) is 0. The van der Waals surface area contributed by atoms with Crippen molar-refractivity contribution in [3.8, 4) is 11.5 Å². The van der Waals surface area contributed by atoms with Crippen molar-refractivity contribution in [3.05, 3.63) is 63.4 Å². The number of fused-ring (bicyclic) bond motifs is 2. The maximum atomic E-state index is 13.1. The van der Waals surface area contributed by atoms with Gasteiger partial charge in [-0.25, -0.2) is 4.79 Å². The van der Waals surface area contributed by atoms with Crippen LogP contribution < -0.4 is 20.3 Å². The van der Waals surface area contributed by atoms with Crippen molar-refractivity contribution in [1.82, 2.24) is 9.88 Å². The maximum Gasteiger partial charge on any atom is 0.322 e. The number of carbonyl (C=O) groups excluding carboxylic acids is 1. The number of benzene rings is 2. The Hall–Kier alpha value is -3.23. The van der Waals surface area contributed by atoms with E-state index in [4.69, 9.17) is 25.8 Å². The molecule has 1 saturated heterocycles. The van der Waals surface area contributed by atoms with Crippen molar-refractivity contribution >= 4 is 34.2 Å². The Morgan fingerprint density at radius 2 is 2.00 bits per heavy atom. The van der Waals surface area contributed by atoms with Crippen molar-refractivity contribution in [2.45, 2.75) is 25.5 Å². The second-order valence-corrected chi connectivity index (χ2v) is 8.25. The summed E-state index contributed by atoms with van der Waals surface area (Å²) in [5.41, 5.74) is 1.36. The monoisotopic (exact) mass is 455 g/mol. The molecule has 32 heavy (non-hydrogen) atoms. The Kier molecular flexibility index (Phi) is 5.63. The lowest BCUT2D eigenvalue weighted by Gasteiger charge is -2.26. The zero-order chi connectivity index (χ0) is 22.1. The lowest BCUT2D eigenvalue weighted by molar-refractivity contribution is 0.0818. The number of pyridine rings is 1. The molecule has 2 aliphatic rings. The number of anilines is 1. The molecule has 1 fully saturated rings. The summed E-state index contributed by atoms with van der Waals surface area (Å²) in [6.07, 6.45) is 1.75. The van der Waals surface area contributed by atoms with Gasteiger partial charge in [0.05, 0.1) is 28.9 Å². The highest BCUT2D eigenvalue weighted by Gasteiger charge is 2.24. The van der Waals surface area contributed by atoms with Gasteiger partial charge in [0.2, 0.25) is 6.79 Å². The summed E-state index contributed by atoms with van der Waals surface area (Å²) in [6, 6.07) is 12.0. The number of halogens is 1. The van der Waals surface area contributed by atoms with Gasteiger partial charge in [-0.3, -0.25) is 4.79 Å². The predicted octanol–water partition coefficient (Wildman–Crippen LogP) is 4.12. The summed E-state index contributed by atoms with van der Waals surface area (Å²) in [4.78, 5) is 30.4. The van der Waals surface area contributed by atoms with Gasteiger partial charge in [-0.2, -0.15) is 0 Å². The van der Waals surface area contributed by atoms with E-state index in [1.165, 1.54) is 0 Å². The van der Waals surface area contributed by atoms with E-state index in [-0.39, 0.29) is 31.0 Å². The van der Waals surface area contributed by atoms with Crippen LogP contribution in [-0.4, -0.2) is 42.0 Å². The summed E-state index contributed by atoms with van der Waals surface area (Å²) < 4.78 is 16.6. The molecule has 8 nitrogen and oxygen atoms in total. The smallest absolute Gasteiger partial charge is 0.322 e. The van der Waals surface area contributed by atoms with Crippen LogP contribution in [0.5, 0.6) is 11.5 Å². The fourth-order valence-corrected chi connectivity index (χ4v) is 4.16. The number of H-pyrrole nitrogens is 1. The van der Waals surface area contributed by atoms with Gasteiger partial charge < -0.3 is 29.4 Å². The van der Waals surface area contributed by atoms with E-state index >= 15 is 0 Å². The molecule has 2 amide bonds. The van der Waals surface area contributed by atoms with Crippen LogP contribution in [0.1, 0.15) is 18.4 Å². The molecule has 9 heteroatoms. The lowest BCUT2D eigenvalue weighted by Crippen LogP contribution is -2.40. The number of amides is 2. The molecule has 0 radical (unpaired) electrons. The second-order valence-electron chi connectivity index (χ2n) is 7.84. The Bertz CT molecular complexity index is 1220. The van der Waals surface area contributed by atoms with E-state index in [0.29, 0.717) is 46.4 Å². The average Bonchev–Trinajstić information content (AvgIpc) is 3.45. The summed E-state index contributed by atoms with van der Waals surface area (Å²) >= 11 is 6.21. The van der Waals surface area contributed by atoms with Crippen molar-refractivity contribution in [2.24, 2.45) is 0 Å². The minimum atomic E-state index is -0.348.